The molecule has 0 N–H and O–H groups in total. The van der Waals surface area contributed by atoms with E-state index in [2.05, 4.69) is 26.1 Å². The minimum Gasteiger partial charge on any atom is -0.207 e. The second kappa shape index (κ2) is 5.18. The molecule has 0 aliphatic carbocycles. The first-order valence-corrected chi connectivity index (χ1v) is 6.78. The van der Waals surface area contributed by atoms with Crippen LogP contribution in [0.4, 0.5) is 8.78 Å². The van der Waals surface area contributed by atoms with Gasteiger partial charge in [0.15, 0.2) is 5.01 Å². The van der Waals surface area contributed by atoms with Crippen LogP contribution in [0.25, 0.3) is 10.6 Å². The minimum atomic E-state index is -0.615. The van der Waals surface area contributed by atoms with E-state index in [0.29, 0.717) is 5.01 Å². The van der Waals surface area contributed by atoms with E-state index < -0.39 is 11.6 Å². The summed E-state index contributed by atoms with van der Waals surface area (Å²) in [5, 5.41) is 9.18. The third-order valence-electron chi connectivity index (χ3n) is 2.23. The maximum Gasteiger partial charge on any atom is 0.150 e. The third-order valence-corrected chi connectivity index (χ3v) is 4.68. The van der Waals surface area contributed by atoms with Crippen LogP contribution in [-0.2, 0) is 0 Å². The molecule has 0 saturated heterocycles. The monoisotopic (exact) mass is 318 g/mol. The number of alkyl halides is 1. The van der Waals surface area contributed by atoms with E-state index in [1.54, 1.807) is 0 Å². The minimum absolute atomic E-state index is 0.122. The molecule has 0 amide bonds. The fraction of sp³-hybridized carbons (Fsp3) is 0.273. The first kappa shape index (κ1) is 12.6. The summed E-state index contributed by atoms with van der Waals surface area (Å²) >= 11 is 4.76. The molecule has 0 aliphatic heterocycles. The van der Waals surface area contributed by atoms with Crippen molar-refractivity contribution < 1.29 is 8.78 Å². The van der Waals surface area contributed by atoms with Gasteiger partial charge in [0.05, 0.1) is 4.83 Å². The average Bonchev–Trinajstić information content (AvgIpc) is 2.77. The molecule has 1 unspecified atom stereocenters. The van der Waals surface area contributed by atoms with Gasteiger partial charge in [-0.15, -0.1) is 10.2 Å². The van der Waals surface area contributed by atoms with Gasteiger partial charge < -0.3 is 0 Å². The SMILES string of the molecule is CCC(Br)c1nnc(-c2ccc(F)cc2F)s1. The standard InChI is InChI=1S/C11H9BrF2N2S/c1-2-8(12)11-16-15-10(17-11)7-4-3-6(13)5-9(7)14/h3-5,8H,2H2,1H3. The van der Waals surface area contributed by atoms with Crippen molar-refractivity contribution >= 4 is 27.3 Å². The predicted octanol–water partition coefficient (Wildman–Crippen LogP) is 4.33. The first-order valence-electron chi connectivity index (χ1n) is 5.04. The van der Waals surface area contributed by atoms with Crippen molar-refractivity contribution in [2.45, 2.75) is 18.2 Å². The van der Waals surface area contributed by atoms with Crippen molar-refractivity contribution in [1.29, 1.82) is 0 Å². The largest absolute Gasteiger partial charge is 0.207 e. The number of nitrogens with zero attached hydrogens (tertiary/aromatic N) is 2. The summed E-state index contributed by atoms with van der Waals surface area (Å²) in [7, 11) is 0. The van der Waals surface area contributed by atoms with Crippen LogP contribution in [0.5, 0.6) is 0 Å². The topological polar surface area (TPSA) is 25.8 Å². The van der Waals surface area contributed by atoms with Crippen molar-refractivity contribution in [3.8, 4) is 10.6 Å². The number of benzene rings is 1. The van der Waals surface area contributed by atoms with Crippen molar-refractivity contribution in [2.24, 2.45) is 0 Å². The smallest absolute Gasteiger partial charge is 0.150 e. The molecule has 2 rings (SSSR count). The summed E-state index contributed by atoms with van der Waals surface area (Å²) < 4.78 is 26.3. The summed E-state index contributed by atoms with van der Waals surface area (Å²) in [6, 6.07) is 3.44. The Kier molecular flexibility index (Phi) is 3.83. The predicted molar refractivity (Wildman–Crippen MR) is 67.2 cm³/mol. The molecule has 1 heterocycles. The van der Waals surface area contributed by atoms with Gasteiger partial charge in [-0.05, 0) is 18.6 Å². The Morgan fingerprint density at radius 3 is 2.76 bits per heavy atom. The zero-order chi connectivity index (χ0) is 12.4. The zero-order valence-corrected chi connectivity index (χ0v) is 11.4. The van der Waals surface area contributed by atoms with E-state index in [9.17, 15) is 8.78 Å². The van der Waals surface area contributed by atoms with E-state index in [-0.39, 0.29) is 10.4 Å². The maximum atomic E-state index is 13.5. The summed E-state index contributed by atoms with van der Waals surface area (Å²) in [4.78, 5) is 0.122. The number of aromatic nitrogens is 2. The Morgan fingerprint density at radius 2 is 2.12 bits per heavy atom. The fourth-order valence-electron chi connectivity index (χ4n) is 1.31. The molecule has 1 atom stereocenters. The van der Waals surface area contributed by atoms with E-state index in [1.165, 1.54) is 23.5 Å². The van der Waals surface area contributed by atoms with Crippen molar-refractivity contribution in [3.63, 3.8) is 0 Å². The van der Waals surface area contributed by atoms with E-state index in [1.807, 2.05) is 6.92 Å². The van der Waals surface area contributed by atoms with Gasteiger partial charge in [0, 0.05) is 11.6 Å². The van der Waals surface area contributed by atoms with E-state index in [4.69, 9.17) is 0 Å². The van der Waals surface area contributed by atoms with Crippen LogP contribution >= 0.6 is 27.3 Å². The van der Waals surface area contributed by atoms with Gasteiger partial charge in [0.2, 0.25) is 0 Å². The van der Waals surface area contributed by atoms with Gasteiger partial charge >= 0.3 is 0 Å². The van der Waals surface area contributed by atoms with Crippen molar-refractivity contribution in [1.82, 2.24) is 10.2 Å². The molecule has 1 aromatic carbocycles. The van der Waals surface area contributed by atoms with Crippen LogP contribution in [0.1, 0.15) is 23.2 Å². The number of rotatable bonds is 3. The van der Waals surface area contributed by atoms with Crippen molar-refractivity contribution in [2.75, 3.05) is 0 Å². The van der Waals surface area contributed by atoms with Gasteiger partial charge in [0.25, 0.3) is 0 Å². The lowest BCUT2D eigenvalue weighted by Crippen LogP contribution is -1.86. The highest BCUT2D eigenvalue weighted by Crippen LogP contribution is 2.33. The fourth-order valence-corrected chi connectivity index (χ4v) is 2.61. The van der Waals surface area contributed by atoms with Crippen molar-refractivity contribution in [3.05, 3.63) is 34.8 Å². The number of hydrogen-bond donors (Lipinski definition) is 0. The summed E-state index contributed by atoms with van der Waals surface area (Å²) in [6.45, 7) is 2.01. The van der Waals surface area contributed by atoms with Crippen LogP contribution in [0, 0.1) is 11.6 Å². The molecule has 0 aliphatic rings. The molecule has 90 valence electrons. The van der Waals surface area contributed by atoms with Gasteiger partial charge in [-0.3, -0.25) is 0 Å². The normalized spacial score (nSPS) is 12.7. The molecule has 0 radical (unpaired) electrons. The molecule has 2 aromatic rings. The zero-order valence-electron chi connectivity index (χ0n) is 8.95. The van der Waals surface area contributed by atoms with Gasteiger partial charge in [0.1, 0.15) is 16.6 Å². The first-order chi connectivity index (χ1) is 8.11. The quantitative estimate of drug-likeness (QED) is 0.787. The Balaban J connectivity index is 2.37. The maximum absolute atomic E-state index is 13.5. The van der Waals surface area contributed by atoms with Crippen LogP contribution in [0.2, 0.25) is 0 Å². The lowest BCUT2D eigenvalue weighted by molar-refractivity contribution is 0.585. The lowest BCUT2D eigenvalue weighted by Gasteiger charge is -1.99. The summed E-state index contributed by atoms with van der Waals surface area (Å²) in [5.41, 5.74) is 0.283. The number of halogens is 3. The second-order valence-electron chi connectivity index (χ2n) is 3.45. The molecular weight excluding hydrogens is 310 g/mol. The molecular formula is C11H9BrF2N2S. The molecule has 0 fully saturated rings. The third kappa shape index (κ3) is 2.69. The summed E-state index contributed by atoms with van der Waals surface area (Å²) in [6.07, 6.45) is 0.876. The highest BCUT2D eigenvalue weighted by atomic mass is 79.9. The van der Waals surface area contributed by atoms with Crippen LogP contribution in [-0.4, -0.2) is 10.2 Å². The highest BCUT2D eigenvalue weighted by molar-refractivity contribution is 9.09. The summed E-state index contributed by atoms with van der Waals surface area (Å²) in [5.74, 6) is -1.21. The molecule has 0 spiro atoms. The second-order valence-corrected chi connectivity index (χ2v) is 5.56. The highest BCUT2D eigenvalue weighted by Gasteiger charge is 2.15. The Morgan fingerprint density at radius 1 is 1.35 bits per heavy atom. The van der Waals surface area contributed by atoms with Crippen LogP contribution < -0.4 is 0 Å². The van der Waals surface area contributed by atoms with Crippen LogP contribution in [0.15, 0.2) is 18.2 Å². The molecule has 2 nitrogen and oxygen atoms in total. The molecule has 6 heteroatoms. The van der Waals surface area contributed by atoms with E-state index in [0.717, 1.165) is 17.5 Å². The molecule has 0 bridgehead atoms. The number of hydrogen-bond acceptors (Lipinski definition) is 3. The van der Waals surface area contributed by atoms with E-state index >= 15 is 0 Å². The average molecular weight is 319 g/mol. The molecule has 1 aromatic heterocycles. The lowest BCUT2D eigenvalue weighted by atomic mass is 10.2. The molecule has 0 saturated carbocycles. The Hall–Kier alpha value is -0.880. The van der Waals surface area contributed by atoms with Gasteiger partial charge in [-0.25, -0.2) is 8.78 Å². The van der Waals surface area contributed by atoms with Gasteiger partial charge in [-0.1, -0.05) is 34.2 Å². The Bertz CT molecular complexity index is 530. The Labute approximate surface area is 110 Å². The molecule has 17 heavy (non-hydrogen) atoms. The van der Waals surface area contributed by atoms with Crippen LogP contribution in [0.3, 0.4) is 0 Å². The van der Waals surface area contributed by atoms with Gasteiger partial charge in [-0.2, -0.15) is 0 Å².